The second kappa shape index (κ2) is 5.38. The second-order valence-electron chi connectivity index (χ2n) is 3.64. The number of anilines is 1. The van der Waals surface area contributed by atoms with E-state index >= 15 is 0 Å². The van der Waals surface area contributed by atoms with Gasteiger partial charge in [-0.05, 0) is 31.5 Å². The average Bonchev–Trinajstić information content (AvgIpc) is 2.21. The number of nitriles is 1. The number of rotatable bonds is 4. The largest absolute Gasteiger partial charge is 0.383 e. The van der Waals surface area contributed by atoms with E-state index in [1.54, 1.807) is 7.11 Å². The van der Waals surface area contributed by atoms with E-state index in [-0.39, 0.29) is 6.04 Å². The number of hydrogen-bond donors (Lipinski definition) is 1. The highest BCUT2D eigenvalue weighted by molar-refractivity contribution is 5.55. The lowest BCUT2D eigenvalue weighted by Gasteiger charge is -2.16. The van der Waals surface area contributed by atoms with Crippen molar-refractivity contribution in [1.29, 1.82) is 5.26 Å². The van der Waals surface area contributed by atoms with Gasteiger partial charge in [-0.1, -0.05) is 6.07 Å². The van der Waals surface area contributed by atoms with Crippen LogP contribution in [0.1, 0.15) is 18.1 Å². The topological polar surface area (TPSA) is 45.0 Å². The highest BCUT2D eigenvalue weighted by Crippen LogP contribution is 2.17. The maximum atomic E-state index is 8.79. The number of methoxy groups -OCH3 is 1. The Morgan fingerprint density at radius 3 is 2.87 bits per heavy atom. The fourth-order valence-electron chi connectivity index (χ4n) is 1.40. The summed E-state index contributed by atoms with van der Waals surface area (Å²) in [7, 11) is 1.68. The monoisotopic (exact) mass is 204 g/mol. The summed E-state index contributed by atoms with van der Waals surface area (Å²) in [6.45, 7) is 4.71. The van der Waals surface area contributed by atoms with E-state index in [0.717, 1.165) is 11.3 Å². The molecular formula is C12H16N2O. The molecule has 0 amide bonds. The van der Waals surface area contributed by atoms with E-state index in [0.29, 0.717) is 12.2 Å². The third kappa shape index (κ3) is 3.26. The van der Waals surface area contributed by atoms with Gasteiger partial charge >= 0.3 is 0 Å². The Balaban J connectivity index is 2.80. The van der Waals surface area contributed by atoms with Crippen molar-refractivity contribution in [2.45, 2.75) is 19.9 Å². The predicted octanol–water partition coefficient (Wildman–Crippen LogP) is 2.31. The summed E-state index contributed by atoms with van der Waals surface area (Å²) in [6.07, 6.45) is 0. The zero-order valence-corrected chi connectivity index (χ0v) is 9.37. The first kappa shape index (κ1) is 11.5. The molecule has 1 atom stereocenters. The maximum absolute atomic E-state index is 8.79. The molecule has 3 nitrogen and oxygen atoms in total. The van der Waals surface area contributed by atoms with Gasteiger partial charge in [-0.2, -0.15) is 5.26 Å². The third-order valence-electron chi connectivity index (χ3n) is 2.19. The third-order valence-corrected chi connectivity index (χ3v) is 2.19. The molecule has 0 aliphatic heterocycles. The van der Waals surface area contributed by atoms with Gasteiger partial charge in [-0.15, -0.1) is 0 Å². The molecule has 1 aromatic carbocycles. The Labute approximate surface area is 90.7 Å². The van der Waals surface area contributed by atoms with Crippen molar-refractivity contribution in [1.82, 2.24) is 0 Å². The molecule has 1 aromatic rings. The van der Waals surface area contributed by atoms with Crippen LogP contribution in [0.15, 0.2) is 18.2 Å². The lowest BCUT2D eigenvalue weighted by Crippen LogP contribution is -2.21. The highest BCUT2D eigenvalue weighted by Gasteiger charge is 2.04. The molecule has 1 rings (SSSR count). The summed E-state index contributed by atoms with van der Waals surface area (Å²) in [4.78, 5) is 0. The van der Waals surface area contributed by atoms with Crippen molar-refractivity contribution in [3.05, 3.63) is 29.3 Å². The molecule has 0 saturated heterocycles. The molecule has 15 heavy (non-hydrogen) atoms. The predicted molar refractivity (Wildman–Crippen MR) is 60.9 cm³/mol. The van der Waals surface area contributed by atoms with E-state index < -0.39 is 0 Å². The summed E-state index contributed by atoms with van der Waals surface area (Å²) in [6, 6.07) is 8.00. The van der Waals surface area contributed by atoms with Gasteiger partial charge < -0.3 is 10.1 Å². The fourth-order valence-corrected chi connectivity index (χ4v) is 1.40. The first-order chi connectivity index (χ1) is 7.17. The number of hydrogen-bond acceptors (Lipinski definition) is 3. The van der Waals surface area contributed by atoms with Crippen LogP contribution in [0.3, 0.4) is 0 Å². The Morgan fingerprint density at radius 1 is 1.53 bits per heavy atom. The van der Waals surface area contributed by atoms with Crippen LogP contribution < -0.4 is 5.32 Å². The summed E-state index contributed by atoms with van der Waals surface area (Å²) in [5, 5.41) is 12.1. The minimum atomic E-state index is 0.239. The van der Waals surface area contributed by atoms with Crippen molar-refractivity contribution < 1.29 is 4.74 Å². The maximum Gasteiger partial charge on any atom is 0.0992 e. The van der Waals surface area contributed by atoms with Crippen LogP contribution in [0, 0.1) is 18.3 Å². The number of nitrogens with one attached hydrogen (secondary N) is 1. The second-order valence-corrected chi connectivity index (χ2v) is 3.64. The van der Waals surface area contributed by atoms with Gasteiger partial charge in [-0.25, -0.2) is 0 Å². The van der Waals surface area contributed by atoms with Crippen molar-refractivity contribution in [3.63, 3.8) is 0 Å². The highest BCUT2D eigenvalue weighted by atomic mass is 16.5. The van der Waals surface area contributed by atoms with Crippen LogP contribution >= 0.6 is 0 Å². The first-order valence-corrected chi connectivity index (χ1v) is 4.93. The summed E-state index contributed by atoms with van der Waals surface area (Å²) in [5.74, 6) is 0. The van der Waals surface area contributed by atoms with E-state index in [2.05, 4.69) is 11.4 Å². The zero-order chi connectivity index (χ0) is 11.3. The molecule has 0 heterocycles. The number of nitrogens with zero attached hydrogens (tertiary/aromatic N) is 1. The van der Waals surface area contributed by atoms with Crippen LogP contribution in [0.2, 0.25) is 0 Å². The Morgan fingerprint density at radius 2 is 2.27 bits per heavy atom. The molecule has 0 aromatic heterocycles. The molecule has 1 N–H and O–H groups in total. The minimum absolute atomic E-state index is 0.239. The van der Waals surface area contributed by atoms with Crippen LogP contribution in [-0.4, -0.2) is 19.8 Å². The zero-order valence-electron chi connectivity index (χ0n) is 9.37. The minimum Gasteiger partial charge on any atom is -0.383 e. The molecule has 3 heteroatoms. The van der Waals surface area contributed by atoms with Gasteiger partial charge in [0.2, 0.25) is 0 Å². The summed E-state index contributed by atoms with van der Waals surface area (Å²) < 4.78 is 5.04. The van der Waals surface area contributed by atoms with Crippen LogP contribution in [0.25, 0.3) is 0 Å². The summed E-state index contributed by atoms with van der Waals surface area (Å²) >= 11 is 0. The van der Waals surface area contributed by atoms with Gasteiger partial charge in [0.25, 0.3) is 0 Å². The number of ether oxygens (including phenoxy) is 1. The molecule has 0 aliphatic rings. The standard InChI is InChI=1S/C12H16N2O/c1-9-4-5-11(7-13)6-12(9)14-10(2)8-15-3/h4-6,10,14H,8H2,1-3H3/t10-/m1/s1. The Kier molecular flexibility index (Phi) is 4.14. The normalized spacial score (nSPS) is 11.9. The van der Waals surface area contributed by atoms with E-state index in [1.807, 2.05) is 32.0 Å². The molecule has 0 aliphatic carbocycles. The number of benzene rings is 1. The lowest BCUT2D eigenvalue weighted by atomic mass is 10.1. The molecule has 0 fully saturated rings. The van der Waals surface area contributed by atoms with E-state index in [4.69, 9.17) is 10.00 Å². The average molecular weight is 204 g/mol. The van der Waals surface area contributed by atoms with Crippen LogP contribution in [0.5, 0.6) is 0 Å². The molecule has 0 saturated carbocycles. The molecule has 0 radical (unpaired) electrons. The number of aryl methyl sites for hydroxylation is 1. The quantitative estimate of drug-likeness (QED) is 0.818. The van der Waals surface area contributed by atoms with Gasteiger partial charge in [0.1, 0.15) is 0 Å². The molecule has 0 unspecified atom stereocenters. The van der Waals surface area contributed by atoms with Gasteiger partial charge in [-0.3, -0.25) is 0 Å². The molecule has 80 valence electrons. The van der Waals surface area contributed by atoms with Gasteiger partial charge in [0.15, 0.2) is 0 Å². The Bertz CT molecular complexity index is 368. The van der Waals surface area contributed by atoms with E-state index in [1.165, 1.54) is 0 Å². The van der Waals surface area contributed by atoms with E-state index in [9.17, 15) is 0 Å². The van der Waals surface area contributed by atoms with Crippen LogP contribution in [-0.2, 0) is 4.74 Å². The van der Waals surface area contributed by atoms with Crippen molar-refractivity contribution in [2.75, 3.05) is 19.0 Å². The molecular weight excluding hydrogens is 188 g/mol. The van der Waals surface area contributed by atoms with Gasteiger partial charge in [0.05, 0.1) is 18.2 Å². The molecule has 0 bridgehead atoms. The lowest BCUT2D eigenvalue weighted by molar-refractivity contribution is 0.190. The smallest absolute Gasteiger partial charge is 0.0992 e. The Hall–Kier alpha value is -1.53. The van der Waals surface area contributed by atoms with Crippen molar-refractivity contribution in [2.24, 2.45) is 0 Å². The first-order valence-electron chi connectivity index (χ1n) is 4.93. The van der Waals surface area contributed by atoms with Crippen molar-refractivity contribution >= 4 is 5.69 Å². The fraction of sp³-hybridized carbons (Fsp3) is 0.417. The summed E-state index contributed by atoms with van der Waals surface area (Å²) in [5.41, 5.74) is 2.81. The SMILES string of the molecule is COC[C@@H](C)Nc1cc(C#N)ccc1C. The van der Waals surface area contributed by atoms with Crippen LogP contribution in [0.4, 0.5) is 5.69 Å². The van der Waals surface area contributed by atoms with Crippen molar-refractivity contribution in [3.8, 4) is 6.07 Å². The molecule has 0 spiro atoms. The van der Waals surface area contributed by atoms with Gasteiger partial charge in [0, 0.05) is 18.8 Å².